The molecule has 1 aliphatic heterocycles. The van der Waals surface area contributed by atoms with Crippen molar-refractivity contribution >= 4 is 34.0 Å². The fraction of sp³-hybridized carbons (Fsp3) is 0.217. The van der Waals surface area contributed by atoms with Gasteiger partial charge < -0.3 is 26.1 Å². The molecule has 0 spiro atoms. The summed E-state index contributed by atoms with van der Waals surface area (Å²) in [4.78, 5) is 26.9. The van der Waals surface area contributed by atoms with Gasteiger partial charge in [-0.05, 0) is 42.7 Å². The van der Waals surface area contributed by atoms with Gasteiger partial charge in [-0.2, -0.15) is 0 Å². The fourth-order valence-electron chi connectivity index (χ4n) is 3.19. The van der Waals surface area contributed by atoms with Crippen LogP contribution in [0.5, 0.6) is 0 Å². The Morgan fingerprint density at radius 1 is 1.09 bits per heavy atom. The summed E-state index contributed by atoms with van der Waals surface area (Å²) in [6.45, 7) is 2.54. The minimum absolute atomic E-state index is 0.201. The normalized spacial score (nSPS) is 12.8. The number of hydrogen-bond donors (Lipinski definition) is 4. The average Bonchev–Trinajstić information content (AvgIpc) is 3.40. The lowest BCUT2D eigenvalue weighted by molar-refractivity contribution is 0.198. The first kappa shape index (κ1) is 21.3. The molecule has 5 rings (SSSR count). The zero-order valence-corrected chi connectivity index (χ0v) is 17.5. The van der Waals surface area contributed by atoms with Gasteiger partial charge in [0, 0.05) is 49.3 Å². The van der Waals surface area contributed by atoms with E-state index in [2.05, 4.69) is 36.6 Å². The summed E-state index contributed by atoms with van der Waals surface area (Å²) < 4.78 is 4.94. The number of nitrogen functional groups attached to an aromatic ring is 1. The van der Waals surface area contributed by atoms with Crippen LogP contribution in [0.1, 0.15) is 18.4 Å². The molecule has 3 aromatic heterocycles. The van der Waals surface area contributed by atoms with E-state index < -0.39 is 0 Å². The van der Waals surface area contributed by atoms with E-state index in [1.807, 2.05) is 24.3 Å². The predicted molar refractivity (Wildman–Crippen MR) is 126 cm³/mol. The molecule has 9 heteroatoms. The number of anilines is 4. The highest BCUT2D eigenvalue weighted by atomic mass is 16.5. The van der Waals surface area contributed by atoms with Gasteiger partial charge in [-0.15, -0.1) is 0 Å². The monoisotopic (exact) mass is 431 g/mol. The van der Waals surface area contributed by atoms with E-state index in [1.165, 1.54) is 25.1 Å². The summed E-state index contributed by atoms with van der Waals surface area (Å²) >= 11 is 0. The van der Waals surface area contributed by atoms with Crippen molar-refractivity contribution in [1.29, 1.82) is 0 Å². The van der Waals surface area contributed by atoms with Gasteiger partial charge in [0.25, 0.3) is 0 Å². The molecule has 1 aromatic carbocycles. The molecule has 5 N–H and O–H groups in total. The molecular weight excluding hydrogens is 406 g/mol. The Kier molecular flexibility index (Phi) is 6.88. The first-order chi connectivity index (χ1) is 15.7. The van der Waals surface area contributed by atoms with Gasteiger partial charge >= 0.3 is 0 Å². The van der Waals surface area contributed by atoms with Gasteiger partial charge in [0.15, 0.2) is 17.5 Å². The summed E-state index contributed by atoms with van der Waals surface area (Å²) in [6, 6.07) is 13.1. The number of hydrogen-bond acceptors (Lipinski definition) is 8. The predicted octanol–water partition coefficient (Wildman–Crippen LogP) is 3.45. The van der Waals surface area contributed by atoms with Gasteiger partial charge in [-0.3, -0.25) is 9.78 Å². The number of ether oxygens (including phenoxy) is 1. The SMILES string of the molecule is C1CCOC1.Nc1ncc(Nc2cc[nH]c(=O)c2)nc1NCc1ccc2ncccc2c1. The number of aromatic amines is 1. The molecule has 1 fully saturated rings. The summed E-state index contributed by atoms with van der Waals surface area (Å²) in [5.41, 5.74) is 8.37. The maximum Gasteiger partial charge on any atom is 0.249 e. The van der Waals surface area contributed by atoms with Gasteiger partial charge in [0.05, 0.1) is 11.7 Å². The lowest BCUT2D eigenvalue weighted by Gasteiger charge is -2.11. The molecule has 0 amide bonds. The van der Waals surface area contributed by atoms with Crippen molar-refractivity contribution in [3.63, 3.8) is 0 Å². The largest absolute Gasteiger partial charge is 0.381 e. The molecule has 164 valence electrons. The summed E-state index contributed by atoms with van der Waals surface area (Å²) in [5.74, 6) is 1.25. The number of H-pyrrole nitrogens is 1. The second-order valence-electron chi connectivity index (χ2n) is 7.26. The lowest BCUT2D eigenvalue weighted by Crippen LogP contribution is -2.09. The van der Waals surface area contributed by atoms with Crippen LogP contribution in [0.15, 0.2) is 65.8 Å². The average molecular weight is 432 g/mol. The molecule has 9 nitrogen and oxygen atoms in total. The zero-order valence-electron chi connectivity index (χ0n) is 17.5. The number of pyridine rings is 2. The molecule has 0 radical (unpaired) electrons. The van der Waals surface area contributed by atoms with Gasteiger partial charge in [0.2, 0.25) is 5.56 Å². The topological polar surface area (TPSA) is 131 Å². The highest BCUT2D eigenvalue weighted by Gasteiger charge is 2.06. The number of nitrogens with one attached hydrogen (secondary N) is 3. The van der Waals surface area contributed by atoms with Crippen LogP contribution in [0, 0.1) is 0 Å². The van der Waals surface area contributed by atoms with Crippen molar-refractivity contribution < 1.29 is 4.74 Å². The van der Waals surface area contributed by atoms with E-state index in [0.717, 1.165) is 29.7 Å². The first-order valence-corrected chi connectivity index (χ1v) is 10.4. The molecule has 4 aromatic rings. The van der Waals surface area contributed by atoms with Gasteiger partial charge in [0.1, 0.15) is 0 Å². The number of nitrogens with two attached hydrogens (primary N) is 1. The maximum atomic E-state index is 11.4. The Morgan fingerprint density at radius 2 is 1.97 bits per heavy atom. The van der Waals surface area contributed by atoms with E-state index in [0.29, 0.717) is 29.7 Å². The Morgan fingerprint density at radius 3 is 2.75 bits per heavy atom. The van der Waals surface area contributed by atoms with Crippen molar-refractivity contribution in [1.82, 2.24) is 19.9 Å². The number of benzene rings is 1. The molecule has 0 bridgehead atoms. The van der Waals surface area contributed by atoms with Crippen LogP contribution < -0.4 is 21.9 Å². The third-order valence-electron chi connectivity index (χ3n) is 4.80. The van der Waals surface area contributed by atoms with Crippen LogP contribution in [0.25, 0.3) is 10.9 Å². The number of aromatic nitrogens is 4. The molecule has 0 unspecified atom stereocenters. The van der Waals surface area contributed by atoms with Crippen LogP contribution in [-0.2, 0) is 11.3 Å². The van der Waals surface area contributed by atoms with E-state index in [4.69, 9.17) is 10.5 Å². The molecular formula is C23H25N7O2. The van der Waals surface area contributed by atoms with Crippen LogP contribution in [0.4, 0.5) is 23.1 Å². The van der Waals surface area contributed by atoms with Crippen molar-refractivity contribution in [3.8, 4) is 0 Å². The van der Waals surface area contributed by atoms with Crippen LogP contribution in [0.2, 0.25) is 0 Å². The Labute approximate surface area is 185 Å². The van der Waals surface area contributed by atoms with E-state index >= 15 is 0 Å². The van der Waals surface area contributed by atoms with Crippen molar-refractivity contribution in [2.45, 2.75) is 19.4 Å². The minimum atomic E-state index is -0.201. The standard InChI is InChI=1S/C19H17N7O.C4H8O/c20-18-19(24-10-12-3-4-15-13(8-12)2-1-6-21-15)26-16(11-23-18)25-14-5-7-22-17(27)9-14;1-2-4-5-3-1/h1-9,11H,10H2,(H2,20,23)(H3,22,24,25,26,27);1-4H2. The third kappa shape index (κ3) is 5.79. The second-order valence-corrected chi connectivity index (χ2v) is 7.26. The smallest absolute Gasteiger partial charge is 0.249 e. The molecule has 1 aliphatic rings. The fourth-order valence-corrected chi connectivity index (χ4v) is 3.19. The molecule has 1 saturated heterocycles. The van der Waals surface area contributed by atoms with E-state index in [-0.39, 0.29) is 5.56 Å². The quantitative estimate of drug-likeness (QED) is 0.378. The molecule has 0 aliphatic carbocycles. The number of rotatable bonds is 5. The van der Waals surface area contributed by atoms with Crippen LogP contribution >= 0.6 is 0 Å². The highest BCUT2D eigenvalue weighted by molar-refractivity contribution is 5.79. The first-order valence-electron chi connectivity index (χ1n) is 10.4. The van der Waals surface area contributed by atoms with E-state index in [1.54, 1.807) is 18.5 Å². The summed E-state index contributed by atoms with van der Waals surface area (Å²) in [7, 11) is 0. The summed E-state index contributed by atoms with van der Waals surface area (Å²) in [6.07, 6.45) is 7.40. The number of nitrogens with zero attached hydrogens (tertiary/aromatic N) is 3. The van der Waals surface area contributed by atoms with Gasteiger partial charge in [-0.1, -0.05) is 12.1 Å². The van der Waals surface area contributed by atoms with Crippen molar-refractivity contribution in [2.24, 2.45) is 0 Å². The highest BCUT2D eigenvalue weighted by Crippen LogP contribution is 2.20. The Balaban J connectivity index is 0.000000433. The lowest BCUT2D eigenvalue weighted by atomic mass is 10.1. The third-order valence-corrected chi connectivity index (χ3v) is 4.80. The van der Waals surface area contributed by atoms with Crippen LogP contribution in [0.3, 0.4) is 0 Å². The van der Waals surface area contributed by atoms with E-state index in [9.17, 15) is 4.79 Å². The Hall–Kier alpha value is -3.98. The Bertz CT molecular complexity index is 1230. The molecule has 0 saturated carbocycles. The minimum Gasteiger partial charge on any atom is -0.381 e. The maximum absolute atomic E-state index is 11.4. The second kappa shape index (κ2) is 10.4. The van der Waals surface area contributed by atoms with Gasteiger partial charge in [-0.25, -0.2) is 9.97 Å². The zero-order chi connectivity index (χ0) is 22.2. The number of fused-ring (bicyclic) bond motifs is 1. The van der Waals surface area contributed by atoms with Crippen molar-refractivity contribution in [2.75, 3.05) is 29.6 Å². The van der Waals surface area contributed by atoms with Crippen LogP contribution in [-0.4, -0.2) is 33.1 Å². The summed E-state index contributed by atoms with van der Waals surface area (Å²) in [5, 5.41) is 7.31. The molecule has 4 heterocycles. The molecule has 32 heavy (non-hydrogen) atoms. The molecule has 0 atom stereocenters. The van der Waals surface area contributed by atoms with Crippen molar-refractivity contribution in [3.05, 3.63) is 77.0 Å².